The van der Waals surface area contributed by atoms with E-state index in [1.54, 1.807) is 7.11 Å². The lowest BCUT2D eigenvalue weighted by molar-refractivity contribution is -0.255. The number of hydrogen-bond acceptors (Lipinski definition) is 4. The van der Waals surface area contributed by atoms with Crippen LogP contribution in [0.1, 0.15) is 59.8 Å². The van der Waals surface area contributed by atoms with Gasteiger partial charge in [-0.15, -0.1) is 0 Å². The molecule has 4 rings (SSSR count). The van der Waals surface area contributed by atoms with Crippen LogP contribution in [0.5, 0.6) is 5.75 Å². The number of nitrogens with one attached hydrogen (secondary N) is 1. The number of aromatic nitrogens is 1. The molecule has 3 aromatic rings. The Labute approximate surface area is 184 Å². The summed E-state index contributed by atoms with van der Waals surface area (Å²) in [6, 6.07) is 14.3. The molecule has 1 aromatic heterocycles. The third-order valence-corrected chi connectivity index (χ3v) is 6.60. The highest BCUT2D eigenvalue weighted by Gasteiger charge is 2.22. The Morgan fingerprint density at radius 3 is 2.48 bits per heavy atom. The van der Waals surface area contributed by atoms with Gasteiger partial charge in [-0.05, 0) is 67.9 Å². The SMILES string of the molecule is COc1ccc(Cn2c(C(=O)[O-])c(CNC3CCC(C)CC3)c3ccc(C)cc32)cc1. The molecular weight excluding hydrogens is 388 g/mol. The Hall–Kier alpha value is -2.79. The van der Waals surface area contributed by atoms with Crippen LogP contribution in [-0.2, 0) is 13.1 Å². The molecular formula is C26H31N2O3-. The number of aryl methyl sites for hydroxylation is 1. The van der Waals surface area contributed by atoms with Crippen molar-refractivity contribution in [1.82, 2.24) is 9.88 Å². The van der Waals surface area contributed by atoms with Gasteiger partial charge in [-0.2, -0.15) is 0 Å². The van der Waals surface area contributed by atoms with E-state index >= 15 is 0 Å². The van der Waals surface area contributed by atoms with Crippen molar-refractivity contribution in [2.75, 3.05) is 7.11 Å². The van der Waals surface area contributed by atoms with Crippen molar-refractivity contribution < 1.29 is 14.6 Å². The Kier molecular flexibility index (Phi) is 6.33. The summed E-state index contributed by atoms with van der Waals surface area (Å²) in [7, 11) is 1.64. The summed E-state index contributed by atoms with van der Waals surface area (Å²) in [5, 5.41) is 16.9. The summed E-state index contributed by atoms with van der Waals surface area (Å²) in [6.07, 6.45) is 4.74. The number of carbonyl (C=O) groups excluding carboxylic acids is 1. The minimum absolute atomic E-state index is 0.271. The third-order valence-electron chi connectivity index (χ3n) is 6.60. The van der Waals surface area contributed by atoms with Gasteiger partial charge in [-0.1, -0.05) is 31.2 Å². The van der Waals surface area contributed by atoms with Crippen LogP contribution in [0.25, 0.3) is 10.9 Å². The molecule has 1 saturated carbocycles. The van der Waals surface area contributed by atoms with Gasteiger partial charge in [0.2, 0.25) is 0 Å². The standard InChI is InChI=1S/C26H32N2O3/c1-17-4-9-20(10-5-17)27-15-23-22-13-6-18(2)14-24(22)28(25(23)26(29)30)16-19-7-11-21(31-3)12-8-19/h6-8,11-14,17,20,27H,4-5,9-10,15-16H2,1-3H3,(H,29,30)/p-1. The molecule has 0 saturated heterocycles. The first-order chi connectivity index (χ1) is 15.0. The maximum atomic E-state index is 12.3. The Balaban J connectivity index is 1.71. The molecule has 0 radical (unpaired) electrons. The Morgan fingerprint density at radius 2 is 1.84 bits per heavy atom. The maximum absolute atomic E-state index is 12.3. The normalized spacial score (nSPS) is 18.9. The average Bonchev–Trinajstić information content (AvgIpc) is 3.06. The topological polar surface area (TPSA) is 66.3 Å². The smallest absolute Gasteiger partial charge is 0.118 e. The Bertz CT molecular complexity index is 1060. The fraction of sp³-hybridized carbons (Fsp3) is 0.423. The molecule has 0 aliphatic heterocycles. The van der Waals surface area contributed by atoms with Crippen LogP contribution >= 0.6 is 0 Å². The predicted molar refractivity (Wildman–Crippen MR) is 121 cm³/mol. The lowest BCUT2D eigenvalue weighted by Gasteiger charge is -2.27. The molecule has 1 aliphatic rings. The van der Waals surface area contributed by atoms with Crippen molar-refractivity contribution in [3.8, 4) is 5.75 Å². The van der Waals surface area contributed by atoms with Crippen molar-refractivity contribution in [2.24, 2.45) is 5.92 Å². The second kappa shape index (κ2) is 9.15. The first-order valence-corrected chi connectivity index (χ1v) is 11.2. The van der Waals surface area contributed by atoms with Crippen LogP contribution in [0.3, 0.4) is 0 Å². The summed E-state index contributed by atoms with van der Waals surface area (Å²) in [5.74, 6) is 0.436. The molecule has 31 heavy (non-hydrogen) atoms. The molecule has 0 atom stereocenters. The van der Waals surface area contributed by atoms with Gasteiger partial charge in [0.25, 0.3) is 0 Å². The number of carbonyl (C=O) groups is 1. The van der Waals surface area contributed by atoms with E-state index < -0.39 is 5.97 Å². The number of rotatable bonds is 7. The molecule has 1 heterocycles. The first kappa shape index (κ1) is 21.4. The molecule has 0 bridgehead atoms. The van der Waals surface area contributed by atoms with Crippen molar-refractivity contribution >= 4 is 16.9 Å². The highest BCUT2D eigenvalue weighted by Crippen LogP contribution is 2.30. The molecule has 0 unspecified atom stereocenters. The van der Waals surface area contributed by atoms with E-state index in [0.717, 1.165) is 52.1 Å². The molecule has 164 valence electrons. The molecule has 5 heteroatoms. The van der Waals surface area contributed by atoms with Gasteiger partial charge in [0.05, 0.1) is 18.8 Å². The number of fused-ring (bicyclic) bond motifs is 1. The van der Waals surface area contributed by atoms with Crippen molar-refractivity contribution in [2.45, 2.75) is 58.7 Å². The molecule has 0 spiro atoms. The zero-order chi connectivity index (χ0) is 22.0. The summed E-state index contributed by atoms with van der Waals surface area (Å²) >= 11 is 0. The number of carboxylic acids is 1. The van der Waals surface area contributed by atoms with Crippen molar-refractivity contribution in [1.29, 1.82) is 0 Å². The van der Waals surface area contributed by atoms with Crippen molar-refractivity contribution in [3.05, 3.63) is 64.8 Å². The zero-order valence-electron chi connectivity index (χ0n) is 18.6. The van der Waals surface area contributed by atoms with Gasteiger partial charge >= 0.3 is 0 Å². The highest BCUT2D eigenvalue weighted by atomic mass is 16.5. The number of nitrogens with zero attached hydrogens (tertiary/aromatic N) is 1. The molecule has 1 fully saturated rings. The summed E-state index contributed by atoms with van der Waals surface area (Å²) in [6.45, 7) is 5.34. The van der Waals surface area contributed by atoms with Crippen LogP contribution in [-0.4, -0.2) is 23.7 Å². The monoisotopic (exact) mass is 419 g/mol. The number of ether oxygens (including phenoxy) is 1. The molecule has 1 N–H and O–H groups in total. The zero-order valence-corrected chi connectivity index (χ0v) is 18.6. The lowest BCUT2D eigenvalue weighted by atomic mass is 9.87. The lowest BCUT2D eigenvalue weighted by Crippen LogP contribution is -2.34. The van der Waals surface area contributed by atoms with E-state index in [2.05, 4.69) is 18.3 Å². The number of carboxylic acid groups (broad SMARTS) is 1. The highest BCUT2D eigenvalue weighted by molar-refractivity contribution is 5.97. The average molecular weight is 420 g/mol. The number of aromatic carboxylic acids is 1. The number of methoxy groups -OCH3 is 1. The maximum Gasteiger partial charge on any atom is 0.118 e. The van der Waals surface area contributed by atoms with E-state index in [0.29, 0.717) is 19.1 Å². The molecule has 1 aliphatic carbocycles. The van der Waals surface area contributed by atoms with Crippen LogP contribution in [0.4, 0.5) is 0 Å². The largest absolute Gasteiger partial charge is 0.543 e. The minimum Gasteiger partial charge on any atom is -0.543 e. The van der Waals surface area contributed by atoms with Gasteiger partial charge in [0.1, 0.15) is 5.75 Å². The molecule has 2 aromatic carbocycles. The Morgan fingerprint density at radius 1 is 1.13 bits per heavy atom. The fourth-order valence-electron chi connectivity index (χ4n) is 4.73. The molecule has 0 amide bonds. The van der Waals surface area contributed by atoms with E-state index in [4.69, 9.17) is 4.74 Å². The first-order valence-electron chi connectivity index (χ1n) is 11.2. The van der Waals surface area contributed by atoms with Crippen LogP contribution in [0.15, 0.2) is 42.5 Å². The van der Waals surface area contributed by atoms with Crippen LogP contribution in [0, 0.1) is 12.8 Å². The van der Waals surface area contributed by atoms with Gasteiger partial charge in [-0.25, -0.2) is 0 Å². The quantitative estimate of drug-likeness (QED) is 0.628. The van der Waals surface area contributed by atoms with Crippen LogP contribution in [0.2, 0.25) is 0 Å². The molecule has 5 nitrogen and oxygen atoms in total. The van der Waals surface area contributed by atoms with Gasteiger partial charge in [0.15, 0.2) is 0 Å². The van der Waals surface area contributed by atoms with E-state index in [1.165, 1.54) is 12.8 Å². The van der Waals surface area contributed by atoms with Gasteiger partial charge < -0.3 is 24.5 Å². The second-order valence-corrected chi connectivity index (χ2v) is 8.91. The minimum atomic E-state index is -1.13. The summed E-state index contributed by atoms with van der Waals surface area (Å²) < 4.78 is 7.14. The van der Waals surface area contributed by atoms with Crippen LogP contribution < -0.4 is 15.2 Å². The fourth-order valence-corrected chi connectivity index (χ4v) is 4.73. The van der Waals surface area contributed by atoms with Gasteiger partial charge in [-0.3, -0.25) is 0 Å². The summed E-state index contributed by atoms with van der Waals surface area (Å²) in [5.41, 5.74) is 4.15. The van der Waals surface area contributed by atoms with Crippen molar-refractivity contribution in [3.63, 3.8) is 0 Å². The number of benzene rings is 2. The van der Waals surface area contributed by atoms with Gasteiger partial charge in [0, 0.05) is 35.6 Å². The van der Waals surface area contributed by atoms with E-state index in [-0.39, 0.29) is 5.69 Å². The second-order valence-electron chi connectivity index (χ2n) is 8.91. The summed E-state index contributed by atoms with van der Waals surface area (Å²) in [4.78, 5) is 12.3. The number of hydrogen-bond donors (Lipinski definition) is 1. The third kappa shape index (κ3) is 4.62. The predicted octanol–water partition coefficient (Wildman–Crippen LogP) is 4.04. The van der Waals surface area contributed by atoms with E-state index in [1.807, 2.05) is 47.9 Å². The van der Waals surface area contributed by atoms with E-state index in [9.17, 15) is 9.90 Å².